The molecule has 56 heavy (non-hydrogen) atoms. The SMILES string of the molecule is c1ccc(-c2ccc(-c3cc(-n4c5ccccc5c5ccc(-c6ccc7c8ccccc8n(-c8ccccc8)c7c6)cc54)nc(-c4ccccc4)n3)cc2)cc1. The highest BCUT2D eigenvalue weighted by Crippen LogP contribution is 2.38. The Kier molecular flexibility index (Phi) is 7.46. The minimum atomic E-state index is 0.687. The molecule has 0 radical (unpaired) electrons. The number of fused-ring (bicyclic) bond motifs is 6. The summed E-state index contributed by atoms with van der Waals surface area (Å²) < 4.78 is 4.69. The van der Waals surface area contributed by atoms with E-state index in [4.69, 9.17) is 9.97 Å². The average Bonchev–Trinajstić information content (AvgIpc) is 3.79. The van der Waals surface area contributed by atoms with Crippen LogP contribution in [0.2, 0.25) is 0 Å². The van der Waals surface area contributed by atoms with Gasteiger partial charge in [-0.3, -0.25) is 4.57 Å². The molecule has 0 spiro atoms. The topological polar surface area (TPSA) is 35.6 Å². The monoisotopic (exact) mass is 714 g/mol. The number of para-hydroxylation sites is 3. The number of nitrogens with zero attached hydrogens (tertiary/aromatic N) is 4. The molecule has 0 amide bonds. The van der Waals surface area contributed by atoms with Crippen LogP contribution in [0.25, 0.3) is 100 Å². The van der Waals surface area contributed by atoms with Gasteiger partial charge in [-0.15, -0.1) is 0 Å². The molecular formula is C52H34N4. The van der Waals surface area contributed by atoms with E-state index in [1.54, 1.807) is 0 Å². The van der Waals surface area contributed by atoms with Gasteiger partial charge in [0.05, 0.1) is 27.8 Å². The van der Waals surface area contributed by atoms with Crippen molar-refractivity contribution in [2.24, 2.45) is 0 Å². The molecule has 0 aliphatic heterocycles. The van der Waals surface area contributed by atoms with Crippen molar-refractivity contribution < 1.29 is 0 Å². The van der Waals surface area contributed by atoms with Crippen LogP contribution in [0, 0.1) is 0 Å². The van der Waals surface area contributed by atoms with Crippen LogP contribution in [-0.4, -0.2) is 19.1 Å². The van der Waals surface area contributed by atoms with E-state index >= 15 is 0 Å². The predicted molar refractivity (Wildman–Crippen MR) is 232 cm³/mol. The molecule has 4 heteroatoms. The van der Waals surface area contributed by atoms with E-state index in [2.05, 4.69) is 191 Å². The van der Waals surface area contributed by atoms with Gasteiger partial charge in [0.25, 0.3) is 0 Å². The Balaban J connectivity index is 1.11. The summed E-state index contributed by atoms with van der Waals surface area (Å²) >= 11 is 0. The van der Waals surface area contributed by atoms with Gasteiger partial charge in [-0.05, 0) is 58.7 Å². The van der Waals surface area contributed by atoms with Crippen LogP contribution in [0.15, 0.2) is 206 Å². The van der Waals surface area contributed by atoms with E-state index in [0.29, 0.717) is 5.82 Å². The van der Waals surface area contributed by atoms with Crippen LogP contribution in [0.4, 0.5) is 0 Å². The van der Waals surface area contributed by atoms with Crippen molar-refractivity contribution in [3.05, 3.63) is 206 Å². The fraction of sp³-hybridized carbons (Fsp3) is 0. The molecule has 0 bridgehead atoms. The highest BCUT2D eigenvalue weighted by atomic mass is 15.1. The van der Waals surface area contributed by atoms with Crippen molar-refractivity contribution in [2.45, 2.75) is 0 Å². The first-order valence-electron chi connectivity index (χ1n) is 19.0. The molecule has 0 aliphatic carbocycles. The standard InChI is InChI=1S/C52H34N4/c1-4-14-35(15-5-1)36-24-26-37(27-25-36)46-34-51(54-52(53-46)38-16-6-2-7-17-38)56-48-23-13-11-21-43(48)45-31-29-40(33-50(45)56)39-28-30-44-42-20-10-12-22-47(42)55(49(44)32-39)41-18-8-3-9-19-41/h1-34H. The Hall–Kier alpha value is -7.56. The summed E-state index contributed by atoms with van der Waals surface area (Å²) in [5.41, 5.74) is 13.3. The van der Waals surface area contributed by atoms with Crippen LogP contribution in [-0.2, 0) is 0 Å². The Bertz CT molecular complexity index is 3220. The maximum absolute atomic E-state index is 5.30. The van der Waals surface area contributed by atoms with Gasteiger partial charge in [-0.1, -0.05) is 164 Å². The second kappa shape index (κ2) is 13.1. The number of benzene rings is 8. The van der Waals surface area contributed by atoms with Crippen LogP contribution in [0.3, 0.4) is 0 Å². The molecule has 0 atom stereocenters. The summed E-state index contributed by atoms with van der Waals surface area (Å²) in [7, 11) is 0. The Morgan fingerprint density at radius 1 is 0.286 bits per heavy atom. The van der Waals surface area contributed by atoms with Crippen molar-refractivity contribution in [2.75, 3.05) is 0 Å². The van der Waals surface area contributed by atoms with E-state index in [9.17, 15) is 0 Å². The van der Waals surface area contributed by atoms with Crippen molar-refractivity contribution in [3.63, 3.8) is 0 Å². The minimum Gasteiger partial charge on any atom is -0.309 e. The average molecular weight is 715 g/mol. The van der Waals surface area contributed by atoms with Crippen molar-refractivity contribution in [3.8, 4) is 56.4 Å². The lowest BCUT2D eigenvalue weighted by Gasteiger charge is -2.13. The molecule has 262 valence electrons. The smallest absolute Gasteiger partial charge is 0.162 e. The summed E-state index contributed by atoms with van der Waals surface area (Å²) in [5.74, 6) is 1.51. The lowest BCUT2D eigenvalue weighted by Crippen LogP contribution is -2.02. The minimum absolute atomic E-state index is 0.687. The van der Waals surface area contributed by atoms with E-state index in [1.165, 1.54) is 43.7 Å². The van der Waals surface area contributed by atoms with Gasteiger partial charge in [-0.2, -0.15) is 0 Å². The molecule has 0 fully saturated rings. The highest BCUT2D eigenvalue weighted by Gasteiger charge is 2.18. The largest absolute Gasteiger partial charge is 0.309 e. The summed E-state index contributed by atoms with van der Waals surface area (Å²) in [6, 6.07) is 73.2. The van der Waals surface area contributed by atoms with Gasteiger partial charge in [0.15, 0.2) is 5.82 Å². The summed E-state index contributed by atoms with van der Waals surface area (Å²) in [5, 5.41) is 4.85. The van der Waals surface area contributed by atoms with Crippen LogP contribution in [0.5, 0.6) is 0 Å². The summed E-state index contributed by atoms with van der Waals surface area (Å²) in [6.45, 7) is 0. The van der Waals surface area contributed by atoms with E-state index in [0.717, 1.165) is 50.5 Å². The third-order valence-corrected chi connectivity index (χ3v) is 11.0. The second-order valence-corrected chi connectivity index (χ2v) is 14.2. The maximum Gasteiger partial charge on any atom is 0.162 e. The van der Waals surface area contributed by atoms with E-state index in [1.807, 2.05) is 24.3 Å². The first-order valence-corrected chi connectivity index (χ1v) is 19.0. The molecule has 3 heterocycles. The molecule has 0 N–H and O–H groups in total. The third-order valence-electron chi connectivity index (χ3n) is 11.0. The molecule has 0 saturated carbocycles. The van der Waals surface area contributed by atoms with Gasteiger partial charge < -0.3 is 4.57 Å². The zero-order chi connectivity index (χ0) is 37.0. The zero-order valence-corrected chi connectivity index (χ0v) is 30.4. The molecule has 4 nitrogen and oxygen atoms in total. The normalized spacial score (nSPS) is 11.6. The summed E-state index contributed by atoms with van der Waals surface area (Å²) in [4.78, 5) is 10.5. The van der Waals surface area contributed by atoms with Crippen LogP contribution >= 0.6 is 0 Å². The van der Waals surface area contributed by atoms with Crippen molar-refractivity contribution in [1.82, 2.24) is 19.1 Å². The van der Waals surface area contributed by atoms with Gasteiger partial charge in [-0.25, -0.2) is 9.97 Å². The molecule has 11 aromatic rings. The first-order chi connectivity index (χ1) is 27.8. The van der Waals surface area contributed by atoms with Crippen LogP contribution < -0.4 is 0 Å². The van der Waals surface area contributed by atoms with Crippen molar-refractivity contribution in [1.29, 1.82) is 0 Å². The van der Waals surface area contributed by atoms with Gasteiger partial charge in [0.2, 0.25) is 0 Å². The fourth-order valence-corrected chi connectivity index (χ4v) is 8.28. The molecule has 0 unspecified atom stereocenters. The molecular weight excluding hydrogens is 681 g/mol. The number of aromatic nitrogens is 4. The molecule has 0 saturated heterocycles. The van der Waals surface area contributed by atoms with E-state index < -0.39 is 0 Å². The fourth-order valence-electron chi connectivity index (χ4n) is 8.28. The lowest BCUT2D eigenvalue weighted by molar-refractivity contribution is 1.05. The first kappa shape index (κ1) is 31.9. The van der Waals surface area contributed by atoms with Gasteiger partial charge in [0, 0.05) is 44.4 Å². The van der Waals surface area contributed by atoms with Gasteiger partial charge in [0.1, 0.15) is 5.82 Å². The lowest BCUT2D eigenvalue weighted by atomic mass is 10.0. The molecule has 0 aliphatic rings. The maximum atomic E-state index is 5.30. The van der Waals surface area contributed by atoms with Crippen LogP contribution in [0.1, 0.15) is 0 Å². The molecule has 3 aromatic heterocycles. The molecule has 11 rings (SSSR count). The third kappa shape index (κ3) is 5.31. The summed E-state index contributed by atoms with van der Waals surface area (Å²) in [6.07, 6.45) is 0. The highest BCUT2D eigenvalue weighted by molar-refractivity contribution is 6.12. The molecule has 8 aromatic carbocycles. The Labute approximate surface area is 324 Å². The number of hydrogen-bond donors (Lipinski definition) is 0. The van der Waals surface area contributed by atoms with Gasteiger partial charge >= 0.3 is 0 Å². The predicted octanol–water partition coefficient (Wildman–Crippen LogP) is 13.3. The van der Waals surface area contributed by atoms with E-state index in [-0.39, 0.29) is 0 Å². The Morgan fingerprint density at radius 2 is 0.732 bits per heavy atom. The van der Waals surface area contributed by atoms with Crippen molar-refractivity contribution >= 4 is 43.6 Å². The zero-order valence-electron chi connectivity index (χ0n) is 30.4. The number of hydrogen-bond acceptors (Lipinski definition) is 2. The quantitative estimate of drug-likeness (QED) is 0.172. The second-order valence-electron chi connectivity index (χ2n) is 14.2. The Morgan fingerprint density at radius 3 is 1.36 bits per heavy atom. The number of rotatable bonds is 6.